The maximum atomic E-state index is 13.9. The van der Waals surface area contributed by atoms with Crippen molar-refractivity contribution in [1.82, 2.24) is 0 Å². The minimum atomic E-state index is -0.707. The zero-order valence-electron chi connectivity index (χ0n) is 23.7. The molecule has 2 heterocycles. The molecule has 0 saturated carbocycles. The molecule has 0 saturated heterocycles. The minimum Gasteiger partial charge on any atom is -0.286 e. The van der Waals surface area contributed by atoms with Crippen molar-refractivity contribution in [3.8, 4) is 0 Å². The van der Waals surface area contributed by atoms with Gasteiger partial charge >= 0.3 is 0 Å². The second-order valence-electron chi connectivity index (χ2n) is 11.0. The number of benzene rings is 5. The average molecular weight is 583 g/mol. The number of anilines is 1. The molecule has 0 radical (unpaired) electrons. The van der Waals surface area contributed by atoms with Gasteiger partial charge in [-0.05, 0) is 49.6 Å². The van der Waals surface area contributed by atoms with Crippen molar-refractivity contribution in [2.24, 2.45) is 5.10 Å². The molecule has 5 aromatic rings. The van der Waals surface area contributed by atoms with E-state index in [1.807, 2.05) is 42.1 Å². The molecule has 0 fully saturated rings. The summed E-state index contributed by atoms with van der Waals surface area (Å²) in [6.07, 6.45) is 0. The van der Waals surface area contributed by atoms with Crippen LogP contribution in [0.15, 0.2) is 132 Å². The van der Waals surface area contributed by atoms with E-state index in [9.17, 15) is 4.79 Å². The molecule has 0 amide bonds. The zero-order chi connectivity index (χ0) is 28.9. The van der Waals surface area contributed by atoms with E-state index in [1.165, 1.54) is 33.4 Å². The van der Waals surface area contributed by atoms with Gasteiger partial charge in [0.05, 0.1) is 10.4 Å². The number of ketones is 1. The first-order chi connectivity index (χ1) is 20.4. The Morgan fingerprint density at radius 2 is 1.12 bits per heavy atom. The maximum Gasteiger partial charge on any atom is 0.219 e. The topological polar surface area (TPSA) is 32.7 Å². The van der Waals surface area contributed by atoms with Crippen molar-refractivity contribution in [2.45, 2.75) is 29.7 Å². The molecule has 2 aliphatic heterocycles. The maximum absolute atomic E-state index is 13.9. The standard InChI is InChI=1S/C37H30N2OS2/c1-25-13-19-29(20-14-25)36(30-21-15-26(2)16-22-30)32-11-7-8-12-33(32)37(42-36)39(31-23-17-27(3)18-24-31)38-35(41-37)34(40)28-9-5-4-6-10-28/h4-24H,1-3H3. The van der Waals surface area contributed by atoms with E-state index in [1.54, 1.807) is 11.8 Å². The highest BCUT2D eigenvalue weighted by Crippen LogP contribution is 2.71. The van der Waals surface area contributed by atoms with Crippen LogP contribution >= 0.6 is 23.5 Å². The Hall–Kier alpha value is -4.06. The van der Waals surface area contributed by atoms with Gasteiger partial charge in [0.1, 0.15) is 0 Å². The molecule has 7 rings (SSSR count). The lowest BCUT2D eigenvalue weighted by Crippen LogP contribution is -2.34. The molecule has 0 bridgehead atoms. The molecule has 2 aliphatic rings. The van der Waals surface area contributed by atoms with E-state index in [0.29, 0.717) is 10.6 Å². The van der Waals surface area contributed by atoms with E-state index in [0.717, 1.165) is 11.3 Å². The van der Waals surface area contributed by atoms with Crippen LogP contribution in [0.25, 0.3) is 0 Å². The number of carbonyl (C=O) groups is 1. The summed E-state index contributed by atoms with van der Waals surface area (Å²) in [4.78, 5) is 13.9. The van der Waals surface area contributed by atoms with E-state index in [-0.39, 0.29) is 5.78 Å². The summed E-state index contributed by atoms with van der Waals surface area (Å²) in [7, 11) is 0. The summed E-state index contributed by atoms with van der Waals surface area (Å²) >= 11 is 3.42. The minimum absolute atomic E-state index is 0.0594. The molecular formula is C37H30N2OS2. The number of hydrogen-bond acceptors (Lipinski definition) is 5. The fourth-order valence-corrected chi connectivity index (χ4v) is 9.48. The molecule has 206 valence electrons. The number of hydrazone groups is 1. The lowest BCUT2D eigenvalue weighted by molar-refractivity contribution is 0.106. The quantitative estimate of drug-likeness (QED) is 0.193. The van der Waals surface area contributed by atoms with Crippen LogP contribution in [0.2, 0.25) is 0 Å². The van der Waals surface area contributed by atoms with Gasteiger partial charge in [0.25, 0.3) is 0 Å². The van der Waals surface area contributed by atoms with E-state index in [2.05, 4.69) is 123 Å². The number of carbonyl (C=O) groups excluding carboxylic acids is 1. The molecular weight excluding hydrogens is 553 g/mol. The normalized spacial score (nSPS) is 18.6. The van der Waals surface area contributed by atoms with Crippen LogP contribution < -0.4 is 5.01 Å². The molecule has 5 heteroatoms. The Balaban J connectivity index is 1.48. The van der Waals surface area contributed by atoms with Crippen molar-refractivity contribution in [3.63, 3.8) is 0 Å². The highest BCUT2D eigenvalue weighted by molar-refractivity contribution is 8.27. The molecule has 3 nitrogen and oxygen atoms in total. The molecule has 1 unspecified atom stereocenters. The van der Waals surface area contributed by atoms with Crippen LogP contribution in [0.5, 0.6) is 0 Å². The van der Waals surface area contributed by atoms with Crippen molar-refractivity contribution < 1.29 is 4.79 Å². The lowest BCUT2D eigenvalue weighted by atomic mass is 9.81. The van der Waals surface area contributed by atoms with Gasteiger partial charge in [-0.15, -0.1) is 0 Å². The predicted octanol–water partition coefficient (Wildman–Crippen LogP) is 9.21. The van der Waals surface area contributed by atoms with Gasteiger partial charge in [-0.25, -0.2) is 5.01 Å². The summed E-state index contributed by atoms with van der Waals surface area (Å²) in [5, 5.41) is 7.70. The van der Waals surface area contributed by atoms with Gasteiger partial charge in [-0.2, -0.15) is 5.10 Å². The molecule has 1 atom stereocenters. The third-order valence-electron chi connectivity index (χ3n) is 8.07. The number of rotatable bonds is 5. The fraction of sp³-hybridized carbons (Fsp3) is 0.135. The Kier molecular flexibility index (Phi) is 6.60. The van der Waals surface area contributed by atoms with Gasteiger partial charge < -0.3 is 0 Å². The van der Waals surface area contributed by atoms with Gasteiger partial charge in [0, 0.05) is 11.1 Å². The number of Topliss-reactive ketones (excluding diaryl/α,β-unsaturated/α-hetero) is 1. The summed E-state index contributed by atoms with van der Waals surface area (Å²) in [5.41, 5.74) is 10.0. The molecule has 5 aromatic carbocycles. The molecule has 0 N–H and O–H groups in total. The van der Waals surface area contributed by atoms with Gasteiger partial charge in [-0.1, -0.05) is 155 Å². The predicted molar refractivity (Wildman–Crippen MR) is 177 cm³/mol. The smallest absolute Gasteiger partial charge is 0.219 e. The summed E-state index contributed by atoms with van der Waals surface area (Å²) < 4.78 is -1.23. The number of aryl methyl sites for hydroxylation is 3. The zero-order valence-corrected chi connectivity index (χ0v) is 25.4. The Labute approximate surface area is 255 Å². The summed E-state index contributed by atoms with van der Waals surface area (Å²) in [5.74, 6) is -0.0594. The van der Waals surface area contributed by atoms with Crippen molar-refractivity contribution in [2.75, 3.05) is 5.01 Å². The number of hydrogen-bond donors (Lipinski definition) is 0. The Morgan fingerprint density at radius 1 is 0.619 bits per heavy atom. The second-order valence-corrected chi connectivity index (χ2v) is 13.8. The molecule has 0 aromatic heterocycles. The first-order valence-corrected chi connectivity index (χ1v) is 15.7. The van der Waals surface area contributed by atoms with E-state index >= 15 is 0 Å². The number of thioether (sulfide) groups is 2. The fourth-order valence-electron chi connectivity index (χ4n) is 5.86. The molecule has 42 heavy (non-hydrogen) atoms. The number of fused-ring (bicyclic) bond motifs is 2. The van der Waals surface area contributed by atoms with Crippen LogP contribution in [0, 0.1) is 20.8 Å². The Bertz CT molecular complexity index is 1770. The van der Waals surface area contributed by atoms with Gasteiger partial charge in [0.2, 0.25) is 5.78 Å². The van der Waals surface area contributed by atoms with Crippen LogP contribution in [0.3, 0.4) is 0 Å². The van der Waals surface area contributed by atoms with Gasteiger partial charge in [0.15, 0.2) is 9.25 Å². The van der Waals surface area contributed by atoms with E-state index in [4.69, 9.17) is 5.10 Å². The second kappa shape index (κ2) is 10.3. The van der Waals surface area contributed by atoms with Crippen LogP contribution in [-0.4, -0.2) is 10.8 Å². The highest BCUT2D eigenvalue weighted by atomic mass is 32.2. The first-order valence-electron chi connectivity index (χ1n) is 14.1. The summed E-state index contributed by atoms with van der Waals surface area (Å²) in [6, 6.07) is 44.4. The van der Waals surface area contributed by atoms with Crippen molar-refractivity contribution >= 4 is 40.0 Å². The first kappa shape index (κ1) is 26.8. The Morgan fingerprint density at radius 3 is 1.69 bits per heavy atom. The van der Waals surface area contributed by atoms with Crippen LogP contribution in [0.1, 0.15) is 49.3 Å². The van der Waals surface area contributed by atoms with Crippen LogP contribution in [0.4, 0.5) is 5.69 Å². The average Bonchev–Trinajstić information content (AvgIpc) is 3.55. The largest absolute Gasteiger partial charge is 0.286 e. The van der Waals surface area contributed by atoms with Gasteiger partial charge in [-0.3, -0.25) is 4.79 Å². The number of nitrogens with zero attached hydrogens (tertiary/aromatic N) is 2. The third-order valence-corrected chi connectivity index (χ3v) is 11.4. The van der Waals surface area contributed by atoms with Crippen molar-refractivity contribution in [1.29, 1.82) is 0 Å². The van der Waals surface area contributed by atoms with Crippen molar-refractivity contribution in [3.05, 3.63) is 172 Å². The lowest BCUT2D eigenvalue weighted by Gasteiger charge is -2.37. The molecule has 0 aliphatic carbocycles. The molecule has 1 spiro atoms. The highest BCUT2D eigenvalue weighted by Gasteiger charge is 2.61. The summed E-state index contributed by atoms with van der Waals surface area (Å²) in [6.45, 7) is 6.34. The van der Waals surface area contributed by atoms with Crippen LogP contribution in [-0.2, 0) is 8.95 Å². The monoisotopic (exact) mass is 582 g/mol. The SMILES string of the molecule is Cc1ccc(N2N=C(C(=O)c3ccccc3)SC23SC(c2ccc(C)cc2)(c2ccc(C)cc2)c2ccccc23)cc1. The third kappa shape index (κ3) is 4.22. The van der Waals surface area contributed by atoms with E-state index < -0.39 is 8.95 Å².